The normalized spacial score (nSPS) is 14.2. The number of fused-ring (bicyclic) bond motifs is 1. The second-order valence-electron chi connectivity index (χ2n) is 8.57. The Morgan fingerprint density at radius 3 is 2.50 bits per heavy atom. The SMILES string of the molecule is CCOC(=O)c1cc(-c2ccc(OC)cc2)n(C2CCN(C(=O)c3sc4ccccc4c3Cl)CC2)n1. The quantitative estimate of drug-likeness (QED) is 0.286. The number of amides is 1. The maximum atomic E-state index is 13.3. The molecule has 0 unspecified atom stereocenters. The van der Waals surface area contributed by atoms with Crippen molar-refractivity contribution in [1.82, 2.24) is 14.7 Å². The molecule has 0 N–H and O–H groups in total. The highest BCUT2D eigenvalue weighted by Gasteiger charge is 2.30. The Morgan fingerprint density at radius 2 is 1.83 bits per heavy atom. The summed E-state index contributed by atoms with van der Waals surface area (Å²) in [5.74, 6) is 0.267. The van der Waals surface area contributed by atoms with Crippen molar-refractivity contribution in [3.8, 4) is 17.0 Å². The molecule has 1 aliphatic rings. The third-order valence-electron chi connectivity index (χ3n) is 6.43. The largest absolute Gasteiger partial charge is 0.497 e. The first-order chi connectivity index (χ1) is 17.5. The third kappa shape index (κ3) is 4.58. The minimum Gasteiger partial charge on any atom is -0.497 e. The average molecular weight is 524 g/mol. The molecule has 1 saturated heterocycles. The molecular formula is C27H26ClN3O4S. The minimum absolute atomic E-state index is 0.0345. The minimum atomic E-state index is -0.446. The number of rotatable bonds is 6. The Hall–Kier alpha value is -3.36. The van der Waals surface area contributed by atoms with Gasteiger partial charge in [-0.3, -0.25) is 9.48 Å². The first-order valence-electron chi connectivity index (χ1n) is 11.9. The number of hydrogen-bond donors (Lipinski definition) is 0. The van der Waals surface area contributed by atoms with Crippen molar-refractivity contribution in [3.63, 3.8) is 0 Å². The molecule has 1 aliphatic heterocycles. The van der Waals surface area contributed by atoms with Crippen LogP contribution < -0.4 is 4.74 Å². The van der Waals surface area contributed by atoms with Crippen LogP contribution in [-0.2, 0) is 4.74 Å². The summed E-state index contributed by atoms with van der Waals surface area (Å²) in [5, 5.41) is 6.07. The summed E-state index contributed by atoms with van der Waals surface area (Å²) < 4.78 is 13.4. The monoisotopic (exact) mass is 523 g/mol. The molecule has 2 aromatic carbocycles. The number of likely N-dealkylation sites (tertiary alicyclic amines) is 1. The molecule has 9 heteroatoms. The number of carbonyl (C=O) groups excluding carboxylic acids is 2. The van der Waals surface area contributed by atoms with Gasteiger partial charge in [-0.25, -0.2) is 4.79 Å². The number of halogens is 1. The van der Waals surface area contributed by atoms with E-state index in [1.807, 2.05) is 58.1 Å². The zero-order valence-corrected chi connectivity index (χ0v) is 21.6. The molecule has 5 rings (SSSR count). The molecule has 0 saturated carbocycles. The number of ether oxygens (including phenoxy) is 2. The van der Waals surface area contributed by atoms with Crippen molar-refractivity contribution in [3.05, 3.63) is 70.2 Å². The summed E-state index contributed by atoms with van der Waals surface area (Å²) in [4.78, 5) is 28.2. The summed E-state index contributed by atoms with van der Waals surface area (Å²) in [6, 6.07) is 17.3. The summed E-state index contributed by atoms with van der Waals surface area (Å²) >= 11 is 7.99. The summed E-state index contributed by atoms with van der Waals surface area (Å²) in [7, 11) is 1.62. The van der Waals surface area contributed by atoms with Gasteiger partial charge >= 0.3 is 5.97 Å². The van der Waals surface area contributed by atoms with Crippen LogP contribution in [0.4, 0.5) is 0 Å². The van der Waals surface area contributed by atoms with Gasteiger partial charge in [0.05, 0.1) is 30.5 Å². The predicted octanol–water partition coefficient (Wildman–Crippen LogP) is 6.08. The Kier molecular flexibility index (Phi) is 6.98. The number of benzene rings is 2. The fourth-order valence-corrected chi connectivity index (χ4v) is 6.04. The number of nitrogens with zero attached hydrogens (tertiary/aromatic N) is 3. The molecule has 2 aromatic heterocycles. The van der Waals surface area contributed by atoms with Crippen LogP contribution in [0.3, 0.4) is 0 Å². The van der Waals surface area contributed by atoms with E-state index in [0.717, 1.165) is 27.1 Å². The van der Waals surface area contributed by atoms with Crippen molar-refractivity contribution < 1.29 is 19.1 Å². The Labute approximate surface area is 218 Å². The van der Waals surface area contributed by atoms with Crippen LogP contribution in [0.1, 0.15) is 46.0 Å². The molecule has 7 nitrogen and oxygen atoms in total. The van der Waals surface area contributed by atoms with Crippen molar-refractivity contribution in [2.75, 3.05) is 26.8 Å². The van der Waals surface area contributed by atoms with Gasteiger partial charge in [-0.1, -0.05) is 29.8 Å². The fourth-order valence-electron chi connectivity index (χ4n) is 4.56. The lowest BCUT2D eigenvalue weighted by Crippen LogP contribution is -2.39. The number of methoxy groups -OCH3 is 1. The van der Waals surface area contributed by atoms with Crippen LogP contribution in [0.15, 0.2) is 54.6 Å². The van der Waals surface area contributed by atoms with Crippen molar-refractivity contribution >= 4 is 44.9 Å². The van der Waals surface area contributed by atoms with Gasteiger partial charge < -0.3 is 14.4 Å². The molecule has 0 spiro atoms. The Morgan fingerprint density at radius 1 is 1.11 bits per heavy atom. The highest BCUT2D eigenvalue weighted by molar-refractivity contribution is 7.21. The smallest absolute Gasteiger partial charge is 0.358 e. The van der Waals surface area contributed by atoms with Crippen LogP contribution in [0.2, 0.25) is 5.02 Å². The van der Waals surface area contributed by atoms with E-state index in [-0.39, 0.29) is 24.2 Å². The van der Waals surface area contributed by atoms with Gasteiger partial charge in [-0.05, 0) is 56.2 Å². The molecule has 0 aliphatic carbocycles. The number of esters is 1. The molecule has 0 bridgehead atoms. The van der Waals surface area contributed by atoms with E-state index in [1.165, 1.54) is 11.3 Å². The molecule has 0 atom stereocenters. The summed E-state index contributed by atoms with van der Waals surface area (Å²) in [6.07, 6.45) is 1.42. The molecule has 0 radical (unpaired) electrons. The van der Waals surface area contributed by atoms with E-state index >= 15 is 0 Å². The number of hydrogen-bond acceptors (Lipinski definition) is 6. The molecule has 186 valence electrons. The van der Waals surface area contributed by atoms with Crippen LogP contribution in [0.5, 0.6) is 5.75 Å². The van der Waals surface area contributed by atoms with Crippen LogP contribution in [0.25, 0.3) is 21.3 Å². The van der Waals surface area contributed by atoms with Gasteiger partial charge in [-0.15, -0.1) is 11.3 Å². The van der Waals surface area contributed by atoms with Crippen LogP contribution >= 0.6 is 22.9 Å². The molecule has 4 aromatic rings. The average Bonchev–Trinajstić information content (AvgIpc) is 3.51. The first-order valence-corrected chi connectivity index (χ1v) is 13.1. The van der Waals surface area contributed by atoms with Gasteiger partial charge in [-0.2, -0.15) is 5.10 Å². The van der Waals surface area contributed by atoms with E-state index in [2.05, 4.69) is 5.10 Å². The van der Waals surface area contributed by atoms with Gasteiger partial charge in [0.1, 0.15) is 10.6 Å². The lowest BCUT2D eigenvalue weighted by Gasteiger charge is -2.32. The molecule has 3 heterocycles. The number of piperidine rings is 1. The van der Waals surface area contributed by atoms with E-state index in [4.69, 9.17) is 21.1 Å². The van der Waals surface area contributed by atoms with Crippen molar-refractivity contribution in [2.24, 2.45) is 0 Å². The number of carbonyl (C=O) groups is 2. The zero-order chi connectivity index (χ0) is 25.2. The highest BCUT2D eigenvalue weighted by Crippen LogP contribution is 2.37. The van der Waals surface area contributed by atoms with Gasteiger partial charge in [0, 0.05) is 28.7 Å². The first kappa shape index (κ1) is 24.3. The van der Waals surface area contributed by atoms with Gasteiger partial charge in [0.25, 0.3) is 5.91 Å². The standard InChI is InChI=1S/C27H26ClN3O4S/c1-3-35-27(33)21-16-22(17-8-10-19(34-2)11-9-17)31(29-21)18-12-14-30(15-13-18)26(32)25-24(28)20-6-4-5-7-23(20)36-25/h4-11,16,18H,3,12-15H2,1-2H3. The highest BCUT2D eigenvalue weighted by atomic mass is 35.5. The maximum Gasteiger partial charge on any atom is 0.358 e. The second-order valence-corrected chi connectivity index (χ2v) is 10.0. The molecule has 1 amide bonds. The topological polar surface area (TPSA) is 73.7 Å². The number of thiophene rings is 1. The zero-order valence-electron chi connectivity index (χ0n) is 20.1. The van der Waals surface area contributed by atoms with E-state index in [9.17, 15) is 9.59 Å². The molecule has 36 heavy (non-hydrogen) atoms. The van der Waals surface area contributed by atoms with E-state index in [0.29, 0.717) is 35.8 Å². The van der Waals surface area contributed by atoms with Gasteiger partial charge in [0.2, 0.25) is 0 Å². The van der Waals surface area contributed by atoms with Crippen LogP contribution in [0, 0.1) is 0 Å². The maximum absolute atomic E-state index is 13.3. The number of aromatic nitrogens is 2. The predicted molar refractivity (Wildman–Crippen MR) is 141 cm³/mol. The van der Waals surface area contributed by atoms with Crippen molar-refractivity contribution in [2.45, 2.75) is 25.8 Å². The lowest BCUT2D eigenvalue weighted by molar-refractivity contribution is 0.0517. The van der Waals surface area contributed by atoms with Crippen LogP contribution in [-0.4, -0.2) is 53.4 Å². The van der Waals surface area contributed by atoms with Crippen molar-refractivity contribution in [1.29, 1.82) is 0 Å². The van der Waals surface area contributed by atoms with E-state index in [1.54, 1.807) is 20.1 Å². The Bertz CT molecular complexity index is 1400. The Balaban J connectivity index is 1.38. The second kappa shape index (κ2) is 10.3. The molecular weight excluding hydrogens is 498 g/mol. The summed E-state index contributed by atoms with van der Waals surface area (Å²) in [5.41, 5.74) is 2.03. The lowest BCUT2D eigenvalue weighted by atomic mass is 10.0. The third-order valence-corrected chi connectivity index (χ3v) is 8.10. The summed E-state index contributed by atoms with van der Waals surface area (Å²) in [6.45, 7) is 3.20. The molecule has 1 fully saturated rings. The fraction of sp³-hybridized carbons (Fsp3) is 0.296. The van der Waals surface area contributed by atoms with E-state index < -0.39 is 5.97 Å². The van der Waals surface area contributed by atoms with Gasteiger partial charge in [0.15, 0.2) is 5.69 Å².